The van der Waals surface area contributed by atoms with E-state index in [9.17, 15) is 0 Å². The van der Waals surface area contributed by atoms with Gasteiger partial charge in [0.2, 0.25) is 0 Å². The highest BCUT2D eigenvalue weighted by molar-refractivity contribution is 14.1. The van der Waals surface area contributed by atoms with Gasteiger partial charge in [-0.2, -0.15) is 5.26 Å². The smallest absolute Gasteiger partial charge is 0.0587 e. The molecule has 3 heteroatoms. The van der Waals surface area contributed by atoms with Crippen molar-refractivity contribution < 1.29 is 0 Å². The van der Waals surface area contributed by atoms with Crippen LogP contribution in [0.15, 0.2) is 0 Å². The Bertz CT molecular complexity index is 31.1. The van der Waals surface area contributed by atoms with Crippen molar-refractivity contribution in [3.63, 3.8) is 0 Å². The molecule has 0 unspecified atom stereocenters. The third-order valence-corrected chi connectivity index (χ3v) is 0. The molecule has 30 valence electrons. The van der Waals surface area contributed by atoms with Gasteiger partial charge >= 0.3 is 0 Å². The van der Waals surface area contributed by atoms with Gasteiger partial charge in [0.25, 0.3) is 0 Å². The molecule has 0 aliphatic heterocycles. The van der Waals surface area contributed by atoms with E-state index in [1.807, 2.05) is 0 Å². The average Bonchev–Trinajstić information content (AvgIpc) is 1.46. The highest BCUT2D eigenvalue weighted by Crippen LogP contribution is 1.79. The van der Waals surface area contributed by atoms with Crippen LogP contribution >= 0.6 is 30.4 Å². The van der Waals surface area contributed by atoms with Crippen LogP contribution in [0.3, 0.4) is 0 Å². The Morgan fingerprint density at radius 3 is 1.80 bits per heavy atom. The molecule has 0 heterocycles. The fraction of sp³-hybridized carbons (Fsp3) is 0.500. The number of hydrogen-bond acceptors (Lipinski definition) is 1. The van der Waals surface area contributed by atoms with Crippen LogP contribution in [-0.4, -0.2) is 0 Å². The van der Waals surface area contributed by atoms with Crippen molar-refractivity contribution in [3.8, 4) is 6.07 Å². The third kappa shape index (κ3) is 109. The van der Waals surface area contributed by atoms with E-state index in [0.29, 0.717) is 0 Å². The number of nitriles is 1. The molecule has 0 atom stereocenters. The van der Waals surface area contributed by atoms with Crippen molar-refractivity contribution >= 4 is 30.4 Å². The van der Waals surface area contributed by atoms with Gasteiger partial charge in [0.05, 0.1) is 6.07 Å². The lowest BCUT2D eigenvalue weighted by molar-refractivity contribution is 1.49. The predicted molar refractivity (Wildman–Crippen MR) is 31.2 cm³/mol. The first kappa shape index (κ1) is 9.10. The average molecular weight is 203 g/mol. The highest BCUT2D eigenvalue weighted by Gasteiger charge is 1.17. The topological polar surface area (TPSA) is 23.8 Å². The number of nitrogens with zero attached hydrogens (tertiary/aromatic N) is 1. The maximum atomic E-state index is 7.32. The quantitative estimate of drug-likeness (QED) is 0.553. The van der Waals surface area contributed by atoms with Gasteiger partial charge in [0, 0.05) is 28.4 Å². The van der Waals surface area contributed by atoms with Crippen LogP contribution < -0.4 is 0 Å². The van der Waals surface area contributed by atoms with Crippen LogP contribution in [0.1, 0.15) is 6.92 Å². The lowest BCUT2D eigenvalue weighted by Gasteiger charge is -1.15. The Morgan fingerprint density at radius 2 is 1.80 bits per heavy atom. The summed E-state index contributed by atoms with van der Waals surface area (Å²) in [5.41, 5.74) is 0. The van der Waals surface area contributed by atoms with Gasteiger partial charge in [-0.05, 0) is 8.91 Å². The molecule has 0 aliphatic rings. The minimum absolute atomic E-state index is 1.43. The molecular formula is C2H3ClIN. The fourth-order valence-corrected chi connectivity index (χ4v) is 0. The second-order valence-corrected chi connectivity index (χ2v) is 0.224. The molecule has 5 heavy (non-hydrogen) atoms. The molecule has 0 aromatic carbocycles. The van der Waals surface area contributed by atoms with Gasteiger partial charge in [-0.1, -0.05) is 0 Å². The molecule has 0 rings (SSSR count). The SMILES string of the molecule is CC#N.ClI. The summed E-state index contributed by atoms with van der Waals surface area (Å²) in [6.07, 6.45) is 0. The summed E-state index contributed by atoms with van der Waals surface area (Å²) >= 11 is 1.62. The summed E-state index contributed by atoms with van der Waals surface area (Å²) in [7, 11) is 4.61. The molecule has 0 N–H and O–H groups in total. The largest absolute Gasteiger partial charge is 0.199 e. The van der Waals surface area contributed by atoms with Crippen LogP contribution in [0, 0.1) is 11.3 Å². The van der Waals surface area contributed by atoms with Gasteiger partial charge < -0.3 is 0 Å². The maximum Gasteiger partial charge on any atom is 0.0587 e. The molecule has 0 amide bonds. The summed E-state index contributed by atoms with van der Waals surface area (Å²) < 4.78 is 0. The monoisotopic (exact) mass is 203 g/mol. The minimum Gasteiger partial charge on any atom is -0.199 e. The van der Waals surface area contributed by atoms with E-state index in [-0.39, 0.29) is 0 Å². The van der Waals surface area contributed by atoms with E-state index in [1.165, 1.54) is 6.92 Å². The highest BCUT2D eigenvalue weighted by atomic mass is 127. The Hall–Kier alpha value is 0.510. The van der Waals surface area contributed by atoms with Gasteiger partial charge in [-0.15, -0.1) is 0 Å². The normalized spacial score (nSPS) is 2.80. The summed E-state index contributed by atoms with van der Waals surface area (Å²) in [5.74, 6) is 0. The number of hydrogen-bond donors (Lipinski definition) is 0. The van der Waals surface area contributed by atoms with Crippen LogP contribution in [0.2, 0.25) is 0 Å². The molecule has 0 fully saturated rings. The van der Waals surface area contributed by atoms with Gasteiger partial charge in [-0.25, -0.2) is 0 Å². The van der Waals surface area contributed by atoms with Crippen molar-refractivity contribution in [1.29, 1.82) is 5.26 Å². The summed E-state index contributed by atoms with van der Waals surface area (Å²) in [4.78, 5) is 0. The standard InChI is InChI=1S/C2H3N.ClI/c1-2-3;1-2/h1H3;. The van der Waals surface area contributed by atoms with Crippen LogP contribution in [-0.2, 0) is 0 Å². The van der Waals surface area contributed by atoms with Crippen LogP contribution in [0.4, 0.5) is 0 Å². The number of halogens is 2. The van der Waals surface area contributed by atoms with Crippen molar-refractivity contribution in [3.05, 3.63) is 0 Å². The van der Waals surface area contributed by atoms with Crippen molar-refractivity contribution in [2.24, 2.45) is 0 Å². The number of rotatable bonds is 0. The first-order valence-electron chi connectivity index (χ1n) is 0.866. The van der Waals surface area contributed by atoms with Crippen LogP contribution in [0.25, 0.3) is 0 Å². The molecule has 0 saturated carbocycles. The van der Waals surface area contributed by atoms with Gasteiger partial charge in [0.15, 0.2) is 0 Å². The fourth-order valence-electron chi connectivity index (χ4n) is 0. The summed E-state index contributed by atoms with van der Waals surface area (Å²) in [6, 6.07) is 1.75. The van der Waals surface area contributed by atoms with Crippen molar-refractivity contribution in [2.75, 3.05) is 0 Å². The Morgan fingerprint density at radius 1 is 1.80 bits per heavy atom. The molecule has 0 aromatic rings. The maximum absolute atomic E-state index is 7.32. The van der Waals surface area contributed by atoms with E-state index < -0.39 is 0 Å². The minimum atomic E-state index is 1.43. The van der Waals surface area contributed by atoms with Gasteiger partial charge in [-0.3, -0.25) is 0 Å². The molecule has 0 saturated heterocycles. The molecule has 0 aliphatic carbocycles. The zero-order chi connectivity index (χ0) is 4.71. The van der Waals surface area contributed by atoms with E-state index >= 15 is 0 Å². The Balaban J connectivity index is 0. The summed E-state index contributed by atoms with van der Waals surface area (Å²) in [5, 5.41) is 7.32. The van der Waals surface area contributed by atoms with Gasteiger partial charge in [0.1, 0.15) is 0 Å². The van der Waals surface area contributed by atoms with E-state index in [4.69, 9.17) is 5.26 Å². The van der Waals surface area contributed by atoms with Crippen molar-refractivity contribution in [2.45, 2.75) is 6.92 Å². The molecule has 0 bridgehead atoms. The van der Waals surface area contributed by atoms with Crippen LogP contribution in [0.5, 0.6) is 0 Å². The van der Waals surface area contributed by atoms with Crippen molar-refractivity contribution in [1.82, 2.24) is 0 Å². The van der Waals surface area contributed by atoms with E-state index in [1.54, 1.807) is 27.5 Å². The lowest BCUT2D eigenvalue weighted by atomic mass is 11.0. The second kappa shape index (κ2) is 24.4. The zero-order valence-corrected chi connectivity index (χ0v) is 5.62. The molecule has 0 spiro atoms. The summed E-state index contributed by atoms with van der Waals surface area (Å²) in [6.45, 7) is 1.43. The lowest BCUT2D eigenvalue weighted by Crippen LogP contribution is -1.10. The van der Waals surface area contributed by atoms with E-state index in [2.05, 4.69) is 8.91 Å². The Kier molecular flexibility index (Phi) is 44.3. The van der Waals surface area contributed by atoms with E-state index in [0.717, 1.165) is 0 Å². The third-order valence-electron chi connectivity index (χ3n) is 0. The molecule has 0 radical (unpaired) electrons. The Labute approximate surface area is 48.8 Å². The first-order chi connectivity index (χ1) is 2.41. The second-order valence-electron chi connectivity index (χ2n) is 0.224. The molecular weight excluding hydrogens is 200 g/mol. The molecule has 1 nitrogen and oxygen atoms in total. The first-order valence-corrected chi connectivity index (χ1v) is 3.60. The molecule has 0 aromatic heterocycles. The predicted octanol–water partition coefficient (Wildman–Crippen LogP) is 2.11. The zero-order valence-electron chi connectivity index (χ0n) is 2.70.